The van der Waals surface area contributed by atoms with Crippen molar-refractivity contribution in [3.05, 3.63) is 63.5 Å². The molecule has 5 rings (SSSR count). The summed E-state index contributed by atoms with van der Waals surface area (Å²) in [5.41, 5.74) is 5.62. The second kappa shape index (κ2) is 7.10. The normalized spacial score (nSPS) is 20.8. The number of halogens is 1. The SMILES string of the molecule is CN1Cc2cc(N3CCOCC3)ccc2C(c2ccc3cc(Cl)sc3c2)C1. The summed E-state index contributed by atoms with van der Waals surface area (Å²) in [5, 5.41) is 1.24. The van der Waals surface area contributed by atoms with Gasteiger partial charge in [0, 0.05) is 42.5 Å². The number of hydrogen-bond donors (Lipinski definition) is 0. The predicted octanol–water partition coefficient (Wildman–Crippen LogP) is 4.97. The minimum absolute atomic E-state index is 0.405. The molecule has 1 saturated heterocycles. The van der Waals surface area contributed by atoms with E-state index in [1.807, 2.05) is 0 Å². The Morgan fingerprint density at radius 1 is 1.07 bits per heavy atom. The third-order valence-corrected chi connectivity index (χ3v) is 6.96. The summed E-state index contributed by atoms with van der Waals surface area (Å²) in [7, 11) is 2.22. The van der Waals surface area contributed by atoms with Crippen molar-refractivity contribution < 1.29 is 4.74 Å². The van der Waals surface area contributed by atoms with Crippen molar-refractivity contribution in [1.29, 1.82) is 0 Å². The number of likely N-dealkylation sites (N-methyl/N-ethyl adjacent to an activating group) is 1. The van der Waals surface area contributed by atoms with Crippen LogP contribution in [0.15, 0.2) is 42.5 Å². The van der Waals surface area contributed by atoms with Crippen molar-refractivity contribution in [2.45, 2.75) is 12.5 Å². The molecule has 0 amide bonds. The van der Waals surface area contributed by atoms with Crippen molar-refractivity contribution in [2.24, 2.45) is 0 Å². The Morgan fingerprint density at radius 3 is 2.78 bits per heavy atom. The average Bonchev–Trinajstić information content (AvgIpc) is 3.06. The molecule has 3 aromatic rings. The topological polar surface area (TPSA) is 15.7 Å². The second-order valence-electron chi connectivity index (χ2n) is 7.58. The molecule has 2 aliphatic heterocycles. The molecular formula is C22H23ClN2OS. The highest BCUT2D eigenvalue weighted by molar-refractivity contribution is 7.22. The van der Waals surface area contributed by atoms with Gasteiger partial charge in [-0.3, -0.25) is 0 Å². The molecule has 5 heteroatoms. The highest BCUT2D eigenvalue weighted by atomic mass is 35.5. The Kier molecular flexibility index (Phi) is 4.60. The van der Waals surface area contributed by atoms with Gasteiger partial charge in [0.15, 0.2) is 0 Å². The minimum Gasteiger partial charge on any atom is -0.378 e. The van der Waals surface area contributed by atoms with Gasteiger partial charge < -0.3 is 14.5 Å². The molecule has 3 heterocycles. The van der Waals surface area contributed by atoms with Crippen LogP contribution in [0.4, 0.5) is 5.69 Å². The second-order valence-corrected chi connectivity index (χ2v) is 9.29. The Balaban J connectivity index is 1.52. The molecule has 0 aliphatic carbocycles. The molecule has 2 aromatic carbocycles. The summed E-state index contributed by atoms with van der Waals surface area (Å²) >= 11 is 7.88. The summed E-state index contributed by atoms with van der Waals surface area (Å²) in [4.78, 5) is 4.87. The van der Waals surface area contributed by atoms with E-state index in [4.69, 9.17) is 16.3 Å². The van der Waals surface area contributed by atoms with E-state index in [1.165, 1.54) is 32.5 Å². The van der Waals surface area contributed by atoms with Crippen LogP contribution in [0.3, 0.4) is 0 Å². The summed E-state index contributed by atoms with van der Waals surface area (Å²) in [5.74, 6) is 0.405. The van der Waals surface area contributed by atoms with E-state index >= 15 is 0 Å². The van der Waals surface area contributed by atoms with Gasteiger partial charge in [-0.05, 0) is 53.4 Å². The van der Waals surface area contributed by atoms with Crippen LogP contribution < -0.4 is 4.90 Å². The van der Waals surface area contributed by atoms with E-state index in [9.17, 15) is 0 Å². The molecule has 0 saturated carbocycles. The lowest BCUT2D eigenvalue weighted by Gasteiger charge is -2.35. The maximum Gasteiger partial charge on any atom is 0.0940 e. The molecule has 1 fully saturated rings. The largest absolute Gasteiger partial charge is 0.378 e. The maximum atomic E-state index is 6.21. The first-order valence-corrected chi connectivity index (χ1v) is 10.7. The third kappa shape index (κ3) is 3.36. The molecule has 1 atom stereocenters. The molecule has 0 radical (unpaired) electrons. The fourth-order valence-corrected chi connectivity index (χ4v) is 5.57. The maximum absolute atomic E-state index is 6.21. The quantitative estimate of drug-likeness (QED) is 0.606. The zero-order valence-corrected chi connectivity index (χ0v) is 17.0. The number of ether oxygens (including phenoxy) is 1. The van der Waals surface area contributed by atoms with Crippen LogP contribution in [0, 0.1) is 0 Å². The van der Waals surface area contributed by atoms with Crippen molar-refractivity contribution >= 4 is 38.7 Å². The van der Waals surface area contributed by atoms with E-state index in [0.29, 0.717) is 5.92 Å². The van der Waals surface area contributed by atoms with Crippen molar-refractivity contribution in [3.63, 3.8) is 0 Å². The standard InChI is InChI=1S/C22H23ClN2OS/c1-24-13-17-10-18(25-6-8-26-9-7-25)4-5-19(17)20(14-24)15-2-3-16-12-22(23)27-21(16)11-15/h2-5,10-12,20H,6-9,13-14H2,1H3. The highest BCUT2D eigenvalue weighted by Crippen LogP contribution is 2.38. The van der Waals surface area contributed by atoms with Gasteiger partial charge in [0.05, 0.1) is 17.6 Å². The van der Waals surface area contributed by atoms with Crippen molar-refractivity contribution in [3.8, 4) is 0 Å². The summed E-state index contributed by atoms with van der Waals surface area (Å²) in [6.07, 6.45) is 0. The van der Waals surface area contributed by atoms with Crippen molar-refractivity contribution in [2.75, 3.05) is 44.8 Å². The van der Waals surface area contributed by atoms with Gasteiger partial charge >= 0.3 is 0 Å². The number of fused-ring (bicyclic) bond motifs is 2. The molecule has 2 aliphatic rings. The predicted molar refractivity (Wildman–Crippen MR) is 114 cm³/mol. The zero-order valence-electron chi connectivity index (χ0n) is 15.5. The number of thiophene rings is 1. The van der Waals surface area contributed by atoms with E-state index < -0.39 is 0 Å². The van der Waals surface area contributed by atoms with Crippen LogP contribution in [-0.2, 0) is 11.3 Å². The molecule has 27 heavy (non-hydrogen) atoms. The van der Waals surface area contributed by atoms with E-state index in [1.54, 1.807) is 11.3 Å². The van der Waals surface area contributed by atoms with Gasteiger partial charge in [-0.25, -0.2) is 0 Å². The zero-order chi connectivity index (χ0) is 18.4. The average molecular weight is 399 g/mol. The first-order chi connectivity index (χ1) is 13.2. The molecule has 140 valence electrons. The van der Waals surface area contributed by atoms with Crippen molar-refractivity contribution in [1.82, 2.24) is 4.90 Å². The Labute approximate surface area is 169 Å². The lowest BCUT2D eigenvalue weighted by Crippen LogP contribution is -2.36. The minimum atomic E-state index is 0.405. The molecule has 1 aromatic heterocycles. The van der Waals surface area contributed by atoms with Crippen LogP contribution in [0.1, 0.15) is 22.6 Å². The Hall–Kier alpha value is -1.59. The molecule has 1 unspecified atom stereocenters. The number of morpholine rings is 1. The first kappa shape index (κ1) is 17.5. The number of nitrogens with zero attached hydrogens (tertiary/aromatic N) is 2. The van der Waals surface area contributed by atoms with E-state index in [2.05, 4.69) is 59.3 Å². The lowest BCUT2D eigenvalue weighted by molar-refractivity contribution is 0.122. The van der Waals surface area contributed by atoms with Crippen LogP contribution in [-0.4, -0.2) is 44.8 Å². The van der Waals surface area contributed by atoms with Gasteiger partial charge in [0.2, 0.25) is 0 Å². The van der Waals surface area contributed by atoms with Gasteiger partial charge in [0.25, 0.3) is 0 Å². The van der Waals surface area contributed by atoms with Crippen LogP contribution >= 0.6 is 22.9 Å². The van der Waals surface area contributed by atoms with E-state index in [0.717, 1.165) is 43.7 Å². The smallest absolute Gasteiger partial charge is 0.0940 e. The van der Waals surface area contributed by atoms with Gasteiger partial charge in [0.1, 0.15) is 0 Å². The first-order valence-electron chi connectivity index (χ1n) is 9.50. The fourth-order valence-electron chi connectivity index (χ4n) is 4.37. The van der Waals surface area contributed by atoms with Gasteiger partial charge in [-0.2, -0.15) is 0 Å². The Morgan fingerprint density at radius 2 is 1.93 bits per heavy atom. The number of hydrogen-bond acceptors (Lipinski definition) is 4. The van der Waals surface area contributed by atoms with Crippen LogP contribution in [0.5, 0.6) is 0 Å². The molecular weight excluding hydrogens is 376 g/mol. The lowest BCUT2D eigenvalue weighted by atomic mass is 9.84. The van der Waals surface area contributed by atoms with Crippen LogP contribution in [0.25, 0.3) is 10.1 Å². The van der Waals surface area contributed by atoms with Gasteiger partial charge in [-0.15, -0.1) is 11.3 Å². The highest BCUT2D eigenvalue weighted by Gasteiger charge is 2.26. The summed E-state index contributed by atoms with van der Waals surface area (Å²) in [6.45, 7) is 5.67. The van der Waals surface area contributed by atoms with Gasteiger partial charge in [-0.1, -0.05) is 29.8 Å². The monoisotopic (exact) mass is 398 g/mol. The molecule has 0 spiro atoms. The molecule has 0 bridgehead atoms. The van der Waals surface area contributed by atoms with Crippen LogP contribution in [0.2, 0.25) is 4.34 Å². The summed E-state index contributed by atoms with van der Waals surface area (Å²) < 4.78 is 7.64. The molecule has 3 nitrogen and oxygen atoms in total. The number of rotatable bonds is 2. The number of benzene rings is 2. The Bertz CT molecular complexity index is 980. The summed E-state index contributed by atoms with van der Waals surface area (Å²) in [6, 6.07) is 15.9. The number of anilines is 1. The van der Waals surface area contributed by atoms with E-state index in [-0.39, 0.29) is 0 Å². The fraction of sp³-hybridized carbons (Fsp3) is 0.364. The molecule has 0 N–H and O–H groups in total. The third-order valence-electron chi connectivity index (χ3n) is 5.73.